The Bertz CT molecular complexity index is 627. The second kappa shape index (κ2) is 2.68. The van der Waals surface area contributed by atoms with E-state index < -0.39 is 0 Å². The van der Waals surface area contributed by atoms with Crippen LogP contribution in [0.15, 0.2) is 22.7 Å². The first-order chi connectivity index (χ1) is 6.77. The maximum absolute atomic E-state index is 5.73. The second-order valence-corrected chi connectivity index (χ2v) is 4.73. The zero-order valence-electron chi connectivity index (χ0n) is 6.94. The highest BCUT2D eigenvalue weighted by Gasteiger charge is 2.11. The van der Waals surface area contributed by atoms with Gasteiger partial charge in [-0.25, -0.2) is 0 Å². The van der Waals surface area contributed by atoms with E-state index in [1.807, 2.05) is 22.6 Å². The van der Waals surface area contributed by atoms with Crippen LogP contribution in [0, 0.1) is 0 Å². The molecule has 0 aliphatic rings. The fraction of sp³-hybridized carbons (Fsp3) is 0. The molecule has 0 aliphatic carbocycles. The van der Waals surface area contributed by atoms with Gasteiger partial charge in [-0.3, -0.25) is 4.40 Å². The smallest absolute Gasteiger partial charge is 0.227 e. The first-order valence-electron chi connectivity index (χ1n) is 3.95. The topological polar surface area (TPSA) is 56.2 Å². The van der Waals surface area contributed by atoms with Crippen molar-refractivity contribution in [2.75, 3.05) is 5.73 Å². The normalized spacial score (nSPS) is 11.5. The fourth-order valence-electron chi connectivity index (χ4n) is 1.45. The van der Waals surface area contributed by atoms with E-state index in [9.17, 15) is 0 Å². The minimum atomic E-state index is 0.429. The number of halogens is 1. The predicted octanol–water partition coefficient (Wildman–Crippen LogP) is 2.29. The molecular weight excluding hydrogens is 264 g/mol. The number of para-hydroxylation sites is 1. The number of hydrogen-bond acceptors (Lipinski definition) is 4. The molecule has 0 aliphatic heterocycles. The zero-order valence-corrected chi connectivity index (χ0v) is 9.34. The van der Waals surface area contributed by atoms with Crippen molar-refractivity contribution in [3.05, 3.63) is 22.7 Å². The lowest BCUT2D eigenvalue weighted by atomic mass is 10.3. The Labute approximate surface area is 91.5 Å². The van der Waals surface area contributed by atoms with E-state index in [4.69, 9.17) is 5.73 Å². The van der Waals surface area contributed by atoms with Crippen LogP contribution in [0.2, 0.25) is 0 Å². The van der Waals surface area contributed by atoms with Gasteiger partial charge in [-0.1, -0.05) is 17.4 Å². The number of rotatable bonds is 0. The molecule has 0 saturated heterocycles. The van der Waals surface area contributed by atoms with E-state index in [2.05, 4.69) is 26.1 Å². The summed E-state index contributed by atoms with van der Waals surface area (Å²) in [5.41, 5.74) is 6.77. The molecule has 0 unspecified atom stereocenters. The van der Waals surface area contributed by atoms with Gasteiger partial charge in [0.05, 0.1) is 10.2 Å². The SMILES string of the molecule is Nc1nnc2sc3cccc(Br)c3n12. The summed E-state index contributed by atoms with van der Waals surface area (Å²) < 4.78 is 4.01. The lowest BCUT2D eigenvalue weighted by Gasteiger charge is -1.95. The first kappa shape index (κ1) is 8.19. The molecule has 70 valence electrons. The lowest BCUT2D eigenvalue weighted by molar-refractivity contribution is 1.12. The molecule has 2 heterocycles. The number of anilines is 1. The fourth-order valence-corrected chi connectivity index (χ4v) is 3.12. The van der Waals surface area contributed by atoms with Crippen LogP contribution in [0.25, 0.3) is 15.2 Å². The summed E-state index contributed by atoms with van der Waals surface area (Å²) in [5.74, 6) is 0.429. The molecule has 14 heavy (non-hydrogen) atoms. The molecule has 0 fully saturated rings. The number of nitrogens with zero attached hydrogens (tertiary/aromatic N) is 3. The van der Waals surface area contributed by atoms with Crippen LogP contribution >= 0.6 is 27.3 Å². The summed E-state index contributed by atoms with van der Waals surface area (Å²) in [5, 5.41) is 7.81. The van der Waals surface area contributed by atoms with E-state index in [0.717, 1.165) is 19.7 Å². The Morgan fingerprint density at radius 1 is 1.36 bits per heavy atom. The third-order valence-corrected chi connectivity index (χ3v) is 3.67. The molecule has 6 heteroatoms. The number of fused-ring (bicyclic) bond motifs is 3. The molecule has 0 saturated carbocycles. The van der Waals surface area contributed by atoms with E-state index in [1.165, 1.54) is 0 Å². The minimum absolute atomic E-state index is 0.429. The van der Waals surface area contributed by atoms with Gasteiger partial charge in [0.1, 0.15) is 0 Å². The quantitative estimate of drug-likeness (QED) is 0.681. The summed E-state index contributed by atoms with van der Waals surface area (Å²) in [7, 11) is 0. The van der Waals surface area contributed by atoms with Crippen molar-refractivity contribution in [1.82, 2.24) is 14.6 Å². The summed E-state index contributed by atoms with van der Waals surface area (Å²) in [6, 6.07) is 6.01. The first-order valence-corrected chi connectivity index (χ1v) is 5.56. The van der Waals surface area contributed by atoms with Gasteiger partial charge in [-0.2, -0.15) is 0 Å². The van der Waals surface area contributed by atoms with Gasteiger partial charge in [-0.05, 0) is 28.1 Å². The third-order valence-electron chi connectivity index (χ3n) is 2.03. The van der Waals surface area contributed by atoms with Crippen molar-refractivity contribution in [2.45, 2.75) is 0 Å². The molecule has 0 radical (unpaired) electrons. The Morgan fingerprint density at radius 3 is 3.07 bits per heavy atom. The molecule has 4 nitrogen and oxygen atoms in total. The van der Waals surface area contributed by atoms with Gasteiger partial charge in [0, 0.05) is 4.47 Å². The van der Waals surface area contributed by atoms with Crippen molar-refractivity contribution >= 4 is 48.4 Å². The largest absolute Gasteiger partial charge is 0.368 e. The number of thiazole rings is 1. The predicted molar refractivity (Wildman–Crippen MR) is 60.5 cm³/mol. The molecule has 2 aromatic heterocycles. The van der Waals surface area contributed by atoms with Crippen LogP contribution in [0.4, 0.5) is 5.95 Å². The molecule has 1 aromatic carbocycles. The Hall–Kier alpha value is -1.14. The van der Waals surface area contributed by atoms with Gasteiger partial charge < -0.3 is 5.73 Å². The van der Waals surface area contributed by atoms with Crippen LogP contribution < -0.4 is 5.73 Å². The third kappa shape index (κ3) is 0.921. The molecule has 0 atom stereocenters. The second-order valence-electron chi connectivity index (χ2n) is 2.86. The Morgan fingerprint density at radius 2 is 2.21 bits per heavy atom. The number of benzene rings is 1. The van der Waals surface area contributed by atoms with Crippen LogP contribution in [0.3, 0.4) is 0 Å². The van der Waals surface area contributed by atoms with Gasteiger partial charge in [0.25, 0.3) is 0 Å². The van der Waals surface area contributed by atoms with Crippen molar-refractivity contribution in [3.8, 4) is 0 Å². The highest BCUT2D eigenvalue weighted by atomic mass is 79.9. The number of hydrogen-bond donors (Lipinski definition) is 1. The number of nitrogen functional groups attached to an aromatic ring is 1. The van der Waals surface area contributed by atoms with Crippen LogP contribution in [-0.4, -0.2) is 14.6 Å². The molecular formula is C8H5BrN4S. The van der Waals surface area contributed by atoms with Crippen LogP contribution in [0.5, 0.6) is 0 Å². The van der Waals surface area contributed by atoms with Gasteiger partial charge in [-0.15, -0.1) is 10.2 Å². The molecule has 0 bridgehead atoms. The summed E-state index contributed by atoms with van der Waals surface area (Å²) in [6.07, 6.45) is 0. The average molecular weight is 269 g/mol. The van der Waals surface area contributed by atoms with E-state index in [-0.39, 0.29) is 0 Å². The molecule has 3 rings (SSSR count). The van der Waals surface area contributed by atoms with E-state index >= 15 is 0 Å². The summed E-state index contributed by atoms with van der Waals surface area (Å²) in [6.45, 7) is 0. The maximum atomic E-state index is 5.73. The van der Waals surface area contributed by atoms with Crippen molar-refractivity contribution in [1.29, 1.82) is 0 Å². The summed E-state index contributed by atoms with van der Waals surface area (Å²) in [4.78, 5) is 0.824. The van der Waals surface area contributed by atoms with Gasteiger partial charge >= 0.3 is 0 Å². The maximum Gasteiger partial charge on any atom is 0.227 e. The van der Waals surface area contributed by atoms with Crippen molar-refractivity contribution in [3.63, 3.8) is 0 Å². The molecule has 0 amide bonds. The van der Waals surface area contributed by atoms with Gasteiger partial charge in [0.15, 0.2) is 0 Å². The number of nitrogens with two attached hydrogens (primary N) is 1. The van der Waals surface area contributed by atoms with E-state index in [1.54, 1.807) is 11.3 Å². The zero-order chi connectivity index (χ0) is 9.71. The van der Waals surface area contributed by atoms with Gasteiger partial charge in [0.2, 0.25) is 10.9 Å². The standard InChI is InChI=1S/C8H5BrN4S/c9-4-2-1-3-5-6(4)13-7(10)11-12-8(13)14-5/h1-3H,(H2,10,11). The molecule has 0 spiro atoms. The monoisotopic (exact) mass is 268 g/mol. The van der Waals surface area contributed by atoms with Crippen molar-refractivity contribution in [2.24, 2.45) is 0 Å². The van der Waals surface area contributed by atoms with E-state index in [0.29, 0.717) is 5.95 Å². The van der Waals surface area contributed by atoms with Crippen molar-refractivity contribution < 1.29 is 0 Å². The minimum Gasteiger partial charge on any atom is -0.368 e. The lowest BCUT2D eigenvalue weighted by Crippen LogP contribution is -1.92. The van der Waals surface area contributed by atoms with Crippen LogP contribution in [-0.2, 0) is 0 Å². The van der Waals surface area contributed by atoms with Crippen LogP contribution in [0.1, 0.15) is 0 Å². The summed E-state index contributed by atoms with van der Waals surface area (Å²) >= 11 is 5.07. The highest BCUT2D eigenvalue weighted by Crippen LogP contribution is 2.31. The highest BCUT2D eigenvalue weighted by molar-refractivity contribution is 9.10. The Balaban J connectivity index is 2.68. The number of aromatic nitrogens is 3. The molecule has 2 N–H and O–H groups in total. The average Bonchev–Trinajstić information content (AvgIpc) is 2.67. The molecule has 3 aromatic rings. The Kier molecular flexibility index (Phi) is 1.57.